The monoisotopic (exact) mass is 546 g/mol. The molecular formula is C26H25F3N4O6. The Morgan fingerprint density at radius 2 is 1.62 bits per heavy atom. The second-order valence-electron chi connectivity index (χ2n) is 9.23. The third kappa shape index (κ3) is 5.35. The van der Waals surface area contributed by atoms with Gasteiger partial charge in [0, 0.05) is 12.5 Å². The minimum absolute atomic E-state index is 0.0722. The van der Waals surface area contributed by atoms with Gasteiger partial charge in [-0.05, 0) is 35.1 Å². The lowest BCUT2D eigenvalue weighted by Gasteiger charge is -2.32. The standard InChI is InChI=1S/C26H25F3N4O6/c27-26(28,29)24(39)33-25(17-7-3-1-5-15(17)16-6-2-4-8-18(16)25)23(38)31-12-21(36)32-19(20(35)13-34)11-14-9-10-30-22(14)37/h1-8,14,19,34H,9-13H2,(H,30,37)(H,31,38)(H,32,36)(H,33,39)/t14?,19-/m0/s1. The number of aliphatic hydroxyl groups is 1. The van der Waals surface area contributed by atoms with Gasteiger partial charge in [-0.1, -0.05) is 48.5 Å². The quantitative estimate of drug-likeness (QED) is 0.305. The highest BCUT2D eigenvalue weighted by Gasteiger charge is 2.54. The molecule has 1 saturated heterocycles. The zero-order valence-electron chi connectivity index (χ0n) is 20.4. The van der Waals surface area contributed by atoms with Crippen molar-refractivity contribution in [3.05, 3.63) is 59.7 Å². The lowest BCUT2D eigenvalue weighted by Crippen LogP contribution is -2.59. The van der Waals surface area contributed by atoms with E-state index in [1.54, 1.807) is 24.3 Å². The van der Waals surface area contributed by atoms with Gasteiger partial charge in [0.05, 0.1) is 12.6 Å². The zero-order chi connectivity index (χ0) is 28.4. The number of fused-ring (bicyclic) bond motifs is 3. The molecule has 1 aliphatic heterocycles. The molecule has 2 aromatic rings. The highest BCUT2D eigenvalue weighted by atomic mass is 19.4. The van der Waals surface area contributed by atoms with Crippen LogP contribution in [0.2, 0.25) is 0 Å². The van der Waals surface area contributed by atoms with E-state index in [2.05, 4.69) is 16.0 Å². The molecule has 4 amide bonds. The van der Waals surface area contributed by atoms with Crippen molar-refractivity contribution in [3.63, 3.8) is 0 Å². The van der Waals surface area contributed by atoms with Crippen molar-refractivity contribution in [3.8, 4) is 11.1 Å². The summed E-state index contributed by atoms with van der Waals surface area (Å²) in [6, 6.07) is 11.1. The molecule has 4 rings (SSSR count). The highest BCUT2D eigenvalue weighted by Crippen LogP contribution is 2.47. The van der Waals surface area contributed by atoms with Crippen LogP contribution in [0.1, 0.15) is 24.0 Å². The number of amides is 4. The fraction of sp³-hybridized carbons (Fsp3) is 0.346. The number of rotatable bonds is 9. The molecule has 1 aliphatic carbocycles. The van der Waals surface area contributed by atoms with Crippen molar-refractivity contribution in [2.24, 2.45) is 5.92 Å². The minimum atomic E-state index is -5.30. The smallest absolute Gasteiger partial charge is 0.389 e. The Morgan fingerprint density at radius 3 is 2.13 bits per heavy atom. The maximum atomic E-state index is 13.6. The first-order valence-electron chi connectivity index (χ1n) is 12.1. The summed E-state index contributed by atoms with van der Waals surface area (Å²) in [4.78, 5) is 62.6. The van der Waals surface area contributed by atoms with Gasteiger partial charge in [-0.25, -0.2) is 0 Å². The molecule has 13 heteroatoms. The van der Waals surface area contributed by atoms with Crippen molar-refractivity contribution in [1.82, 2.24) is 21.3 Å². The molecule has 0 aromatic heterocycles. The number of alkyl halides is 3. The van der Waals surface area contributed by atoms with Gasteiger partial charge in [0.15, 0.2) is 11.3 Å². The van der Waals surface area contributed by atoms with Crippen LogP contribution in [0.15, 0.2) is 48.5 Å². The number of carbonyl (C=O) groups excluding carboxylic acids is 5. The van der Waals surface area contributed by atoms with Crippen LogP contribution >= 0.6 is 0 Å². The minimum Gasteiger partial charge on any atom is -0.389 e. The molecule has 0 saturated carbocycles. The summed E-state index contributed by atoms with van der Waals surface area (Å²) in [5.41, 5.74) is -1.27. The highest BCUT2D eigenvalue weighted by molar-refractivity contribution is 6.04. The summed E-state index contributed by atoms with van der Waals surface area (Å²) in [7, 11) is 0. The van der Waals surface area contributed by atoms with E-state index in [-0.39, 0.29) is 23.5 Å². The van der Waals surface area contributed by atoms with Gasteiger partial charge >= 0.3 is 12.1 Å². The first-order valence-corrected chi connectivity index (χ1v) is 12.1. The van der Waals surface area contributed by atoms with E-state index in [4.69, 9.17) is 0 Å². The Hall–Kier alpha value is -4.26. The molecular weight excluding hydrogens is 521 g/mol. The summed E-state index contributed by atoms with van der Waals surface area (Å²) >= 11 is 0. The van der Waals surface area contributed by atoms with Crippen LogP contribution in [0.5, 0.6) is 0 Å². The normalized spacial score (nSPS) is 17.8. The van der Waals surface area contributed by atoms with Gasteiger partial charge in [0.1, 0.15) is 6.61 Å². The molecule has 2 aliphatic rings. The van der Waals surface area contributed by atoms with Gasteiger partial charge in [-0.15, -0.1) is 0 Å². The Kier molecular flexibility index (Phi) is 7.72. The number of carbonyl (C=O) groups is 5. The fourth-order valence-corrected chi connectivity index (χ4v) is 4.99. The van der Waals surface area contributed by atoms with E-state index in [1.165, 1.54) is 24.3 Å². The van der Waals surface area contributed by atoms with Crippen LogP contribution < -0.4 is 21.3 Å². The lowest BCUT2D eigenvalue weighted by atomic mass is 9.86. The Labute approximate surface area is 220 Å². The van der Waals surface area contributed by atoms with Crippen LogP contribution in [0.3, 0.4) is 0 Å². The van der Waals surface area contributed by atoms with Crippen LogP contribution in [0.25, 0.3) is 11.1 Å². The number of ketones is 1. The molecule has 1 heterocycles. The maximum absolute atomic E-state index is 13.6. The third-order valence-electron chi connectivity index (χ3n) is 6.82. The molecule has 0 spiro atoms. The first kappa shape index (κ1) is 27.8. The van der Waals surface area contributed by atoms with E-state index in [9.17, 15) is 42.3 Å². The van der Waals surface area contributed by atoms with E-state index in [1.807, 2.05) is 5.32 Å². The number of benzene rings is 2. The van der Waals surface area contributed by atoms with Gasteiger partial charge in [0.25, 0.3) is 5.91 Å². The predicted octanol–water partition coefficient (Wildman–Crippen LogP) is 0.278. The lowest BCUT2D eigenvalue weighted by molar-refractivity contribution is -0.176. The van der Waals surface area contributed by atoms with Crippen molar-refractivity contribution in [2.75, 3.05) is 19.7 Å². The average Bonchev–Trinajstić information content (AvgIpc) is 3.45. The molecule has 2 atom stereocenters. The second kappa shape index (κ2) is 10.8. The van der Waals surface area contributed by atoms with Crippen LogP contribution in [0, 0.1) is 5.92 Å². The SMILES string of the molecule is O=C(CNC(=O)C1(NC(=O)C(F)(F)F)c2ccccc2-c2ccccc21)N[C@@H](CC1CCNC1=O)C(=O)CO. The van der Waals surface area contributed by atoms with E-state index in [0.717, 1.165) is 0 Å². The maximum Gasteiger partial charge on any atom is 0.471 e. The topological polar surface area (TPSA) is 154 Å². The Balaban J connectivity index is 1.59. The van der Waals surface area contributed by atoms with Gasteiger partial charge < -0.3 is 26.4 Å². The molecule has 1 unspecified atom stereocenters. The van der Waals surface area contributed by atoms with Gasteiger partial charge in [-0.3, -0.25) is 24.0 Å². The Bertz CT molecular complexity index is 1280. The van der Waals surface area contributed by atoms with E-state index >= 15 is 0 Å². The fourth-order valence-electron chi connectivity index (χ4n) is 4.99. The van der Waals surface area contributed by atoms with Crippen LogP contribution in [-0.2, 0) is 29.5 Å². The molecule has 0 radical (unpaired) electrons. The van der Waals surface area contributed by atoms with Gasteiger partial charge in [-0.2, -0.15) is 13.2 Å². The van der Waals surface area contributed by atoms with Crippen molar-refractivity contribution in [1.29, 1.82) is 0 Å². The summed E-state index contributed by atoms with van der Waals surface area (Å²) in [6.07, 6.45) is -4.94. The molecule has 0 bridgehead atoms. The molecule has 1 fully saturated rings. The number of nitrogens with one attached hydrogen (secondary N) is 4. The Morgan fingerprint density at radius 1 is 1.03 bits per heavy atom. The summed E-state index contributed by atoms with van der Waals surface area (Å²) in [5.74, 6) is -5.95. The van der Waals surface area contributed by atoms with Crippen LogP contribution in [0.4, 0.5) is 13.2 Å². The van der Waals surface area contributed by atoms with Crippen molar-refractivity contribution in [2.45, 2.75) is 30.6 Å². The number of hydrogen-bond acceptors (Lipinski definition) is 6. The second-order valence-corrected chi connectivity index (χ2v) is 9.23. The predicted molar refractivity (Wildman–Crippen MR) is 130 cm³/mol. The van der Waals surface area contributed by atoms with Crippen LogP contribution in [-0.4, -0.2) is 66.4 Å². The largest absolute Gasteiger partial charge is 0.471 e. The number of halogens is 3. The molecule has 5 N–H and O–H groups in total. The molecule has 206 valence electrons. The summed E-state index contributed by atoms with van der Waals surface area (Å²) in [6.45, 7) is -1.26. The molecule has 10 nitrogen and oxygen atoms in total. The number of aliphatic hydroxyl groups excluding tert-OH is 1. The van der Waals surface area contributed by atoms with Crippen molar-refractivity contribution < 1.29 is 42.3 Å². The summed E-state index contributed by atoms with van der Waals surface area (Å²) < 4.78 is 40.1. The van der Waals surface area contributed by atoms with E-state index in [0.29, 0.717) is 24.1 Å². The van der Waals surface area contributed by atoms with Crippen molar-refractivity contribution >= 4 is 29.4 Å². The zero-order valence-corrected chi connectivity index (χ0v) is 20.4. The van der Waals surface area contributed by atoms with Gasteiger partial charge in [0.2, 0.25) is 11.8 Å². The first-order chi connectivity index (χ1) is 18.5. The average molecular weight is 547 g/mol. The molecule has 39 heavy (non-hydrogen) atoms. The van der Waals surface area contributed by atoms with E-state index < -0.39 is 60.3 Å². The molecule has 2 aromatic carbocycles. The number of hydrogen-bond donors (Lipinski definition) is 5. The number of Topliss-reactive ketones (excluding diaryl/α,β-unsaturated/α-hetero) is 1. The third-order valence-corrected chi connectivity index (χ3v) is 6.82. The summed E-state index contributed by atoms with van der Waals surface area (Å²) in [5, 5.41) is 18.4.